The molecule has 2 N–H and O–H groups in total. The average Bonchev–Trinajstić information content (AvgIpc) is 1.41. The zero-order valence-electron chi connectivity index (χ0n) is 4.00. The molecule has 0 aromatic rings. The molecule has 0 aliphatic heterocycles. The van der Waals surface area contributed by atoms with Crippen LogP contribution in [0.2, 0.25) is 0 Å². The third-order valence-corrected chi connectivity index (χ3v) is 0.500. The van der Waals surface area contributed by atoms with Gasteiger partial charge >= 0.3 is 0 Å². The maximum absolute atomic E-state index is 3.03. The Hall–Kier alpha value is -0.0151. The monoisotopic (exact) mass is 73.1 g/mol. The first-order valence-electron chi connectivity index (χ1n) is 2.00. The van der Waals surface area contributed by atoms with Crippen LogP contribution in [-0.2, 0) is 0 Å². The van der Waals surface area contributed by atoms with Gasteiger partial charge in [-0.05, 0) is 0 Å². The van der Waals surface area contributed by atoms with Crippen LogP contribution in [-0.4, -0.2) is 21.6 Å². The van der Waals surface area contributed by atoms with E-state index in [2.05, 4.69) is 10.5 Å². The van der Waals surface area contributed by atoms with Crippen LogP contribution in [0.15, 0.2) is 0 Å². The standard InChI is InChI=1S/C2H10BN2/c1-4-3-5-2/h4-5H,3H2,1-2H3/q-1. The van der Waals surface area contributed by atoms with E-state index in [0.29, 0.717) is 0 Å². The number of hydrogen-bond acceptors (Lipinski definition) is 2. The second-order valence-corrected chi connectivity index (χ2v) is 1.25. The van der Waals surface area contributed by atoms with Gasteiger partial charge in [-0.3, -0.25) is 0 Å². The van der Waals surface area contributed by atoms with E-state index in [1.807, 2.05) is 14.1 Å². The molecule has 0 aromatic carbocycles. The van der Waals surface area contributed by atoms with Crippen molar-refractivity contribution >= 4 is 7.55 Å². The second-order valence-electron chi connectivity index (χ2n) is 1.25. The molecule has 0 rings (SSSR count). The maximum atomic E-state index is 3.03. The van der Waals surface area contributed by atoms with E-state index in [9.17, 15) is 0 Å². The van der Waals surface area contributed by atoms with Crippen molar-refractivity contribution < 1.29 is 0 Å². The Morgan fingerprint density at radius 3 is 1.60 bits per heavy atom. The van der Waals surface area contributed by atoms with Gasteiger partial charge in [0, 0.05) is 0 Å². The SMILES string of the molecule is CN[BH2-]NC. The summed E-state index contributed by atoms with van der Waals surface area (Å²) in [6, 6.07) is 0. The Bertz CT molecular complexity index is 15.1. The van der Waals surface area contributed by atoms with Gasteiger partial charge < -0.3 is 10.5 Å². The first kappa shape index (κ1) is 4.98. The fourth-order valence-electron chi connectivity index (χ4n) is 0.250. The van der Waals surface area contributed by atoms with Crippen LogP contribution < -0.4 is 10.5 Å². The van der Waals surface area contributed by atoms with Gasteiger partial charge in [0.1, 0.15) is 0 Å². The normalized spacial score (nSPS) is 8.40. The fraction of sp³-hybridized carbons (Fsp3) is 1.00. The molecule has 5 heavy (non-hydrogen) atoms. The van der Waals surface area contributed by atoms with Gasteiger partial charge in [-0.25, -0.2) is 0 Å². The van der Waals surface area contributed by atoms with E-state index in [4.69, 9.17) is 0 Å². The molecular formula is C2H10BN2-. The van der Waals surface area contributed by atoms with Crippen molar-refractivity contribution in [1.82, 2.24) is 10.5 Å². The Morgan fingerprint density at radius 2 is 1.60 bits per heavy atom. The summed E-state index contributed by atoms with van der Waals surface area (Å²) in [5.41, 5.74) is 0. The fourth-order valence-corrected chi connectivity index (χ4v) is 0.250. The van der Waals surface area contributed by atoms with Gasteiger partial charge in [0.25, 0.3) is 0 Å². The summed E-state index contributed by atoms with van der Waals surface area (Å²) >= 11 is 0. The van der Waals surface area contributed by atoms with Crippen LogP contribution in [0.5, 0.6) is 0 Å². The van der Waals surface area contributed by atoms with Crippen molar-refractivity contribution in [2.24, 2.45) is 0 Å². The lowest BCUT2D eigenvalue weighted by Crippen LogP contribution is -2.26. The first-order valence-corrected chi connectivity index (χ1v) is 2.00. The molecule has 0 aliphatic rings. The van der Waals surface area contributed by atoms with Gasteiger partial charge in [-0.2, -0.15) is 0 Å². The van der Waals surface area contributed by atoms with E-state index in [1.165, 1.54) is 0 Å². The molecule has 0 radical (unpaired) electrons. The Labute approximate surface area is 33.2 Å². The molecule has 0 saturated carbocycles. The zero-order valence-corrected chi connectivity index (χ0v) is 4.00. The average molecular weight is 72.9 g/mol. The maximum Gasteiger partial charge on any atom is 0.0923 e. The Morgan fingerprint density at radius 1 is 1.20 bits per heavy atom. The Balaban J connectivity index is 2.19. The molecular weight excluding hydrogens is 62.8 g/mol. The molecule has 32 valence electrons. The topological polar surface area (TPSA) is 24.1 Å². The number of rotatable bonds is 2. The quantitative estimate of drug-likeness (QED) is 0.385. The lowest BCUT2D eigenvalue weighted by molar-refractivity contribution is 1.13. The summed E-state index contributed by atoms with van der Waals surface area (Å²) in [5.74, 6) is 0. The summed E-state index contributed by atoms with van der Waals surface area (Å²) in [6.45, 7) is 0. The molecule has 0 aliphatic carbocycles. The molecule has 0 unspecified atom stereocenters. The van der Waals surface area contributed by atoms with Gasteiger partial charge in [-0.1, -0.05) is 14.1 Å². The van der Waals surface area contributed by atoms with Crippen LogP contribution >= 0.6 is 0 Å². The Kier molecular flexibility index (Phi) is 3.97. The summed E-state index contributed by atoms with van der Waals surface area (Å²) in [5, 5.41) is 6.06. The number of hydrogen-bond donors (Lipinski definition) is 2. The van der Waals surface area contributed by atoms with Crippen molar-refractivity contribution in [3.63, 3.8) is 0 Å². The zero-order chi connectivity index (χ0) is 4.12. The molecule has 2 nitrogen and oxygen atoms in total. The minimum Gasteiger partial charge on any atom is -0.483 e. The third-order valence-electron chi connectivity index (χ3n) is 0.500. The van der Waals surface area contributed by atoms with Crippen molar-refractivity contribution in [2.75, 3.05) is 14.1 Å². The van der Waals surface area contributed by atoms with Crippen LogP contribution in [0.25, 0.3) is 0 Å². The van der Waals surface area contributed by atoms with Crippen molar-refractivity contribution in [3.05, 3.63) is 0 Å². The molecule has 0 saturated heterocycles. The van der Waals surface area contributed by atoms with E-state index in [-0.39, 0.29) is 7.55 Å². The summed E-state index contributed by atoms with van der Waals surface area (Å²) in [4.78, 5) is 0. The summed E-state index contributed by atoms with van der Waals surface area (Å²) in [7, 11) is 3.94. The highest BCUT2D eigenvalue weighted by atomic mass is 14.9. The van der Waals surface area contributed by atoms with E-state index < -0.39 is 0 Å². The van der Waals surface area contributed by atoms with Crippen molar-refractivity contribution in [3.8, 4) is 0 Å². The molecule has 0 amide bonds. The molecule has 0 bridgehead atoms. The van der Waals surface area contributed by atoms with Crippen LogP contribution in [0.3, 0.4) is 0 Å². The molecule has 3 heteroatoms. The second kappa shape index (κ2) is 3.98. The summed E-state index contributed by atoms with van der Waals surface area (Å²) in [6.07, 6.45) is 0. The highest BCUT2D eigenvalue weighted by Crippen LogP contribution is 1.23. The molecule has 0 fully saturated rings. The number of nitrogens with one attached hydrogen (secondary N) is 2. The van der Waals surface area contributed by atoms with Crippen molar-refractivity contribution in [1.29, 1.82) is 0 Å². The summed E-state index contributed by atoms with van der Waals surface area (Å²) < 4.78 is 0. The molecule has 0 aromatic heterocycles. The minimum absolute atomic E-state index is 0.0278. The van der Waals surface area contributed by atoms with E-state index in [1.54, 1.807) is 0 Å². The van der Waals surface area contributed by atoms with Gasteiger partial charge in [0.15, 0.2) is 0 Å². The highest BCUT2D eigenvalue weighted by Gasteiger charge is 1.54. The van der Waals surface area contributed by atoms with E-state index in [0.717, 1.165) is 0 Å². The molecule has 0 spiro atoms. The van der Waals surface area contributed by atoms with Crippen LogP contribution in [0, 0.1) is 0 Å². The van der Waals surface area contributed by atoms with Crippen LogP contribution in [0.1, 0.15) is 0 Å². The molecule has 0 atom stereocenters. The lowest BCUT2D eigenvalue weighted by Gasteiger charge is -1.97. The first-order chi connectivity index (χ1) is 2.41. The predicted octanol–water partition coefficient (Wildman–Crippen LogP) is -1.58. The highest BCUT2D eigenvalue weighted by molar-refractivity contribution is 6.28. The largest absolute Gasteiger partial charge is 0.483 e. The van der Waals surface area contributed by atoms with Gasteiger partial charge in [0.05, 0.1) is 7.55 Å². The third kappa shape index (κ3) is 3.98. The van der Waals surface area contributed by atoms with Crippen LogP contribution in [0.4, 0.5) is 0 Å². The lowest BCUT2D eigenvalue weighted by atomic mass is 10.2. The van der Waals surface area contributed by atoms with Crippen molar-refractivity contribution in [2.45, 2.75) is 0 Å². The van der Waals surface area contributed by atoms with Gasteiger partial charge in [0.2, 0.25) is 0 Å². The predicted molar refractivity (Wildman–Crippen MR) is 26.7 cm³/mol. The van der Waals surface area contributed by atoms with Gasteiger partial charge in [-0.15, -0.1) is 0 Å². The minimum atomic E-state index is 0.0278. The molecule has 0 heterocycles. The smallest absolute Gasteiger partial charge is 0.0923 e. The van der Waals surface area contributed by atoms with E-state index >= 15 is 0 Å².